The van der Waals surface area contributed by atoms with Crippen LogP contribution in [0, 0.1) is 5.41 Å². The summed E-state index contributed by atoms with van der Waals surface area (Å²) in [5.41, 5.74) is 7.27. The summed E-state index contributed by atoms with van der Waals surface area (Å²) < 4.78 is 0. The van der Waals surface area contributed by atoms with Gasteiger partial charge < -0.3 is 5.73 Å². The van der Waals surface area contributed by atoms with Gasteiger partial charge in [-0.15, -0.1) is 5.10 Å². The fourth-order valence-corrected chi connectivity index (χ4v) is 1.40. The Morgan fingerprint density at radius 2 is 2.17 bits per heavy atom. The zero-order chi connectivity index (χ0) is 13.0. The lowest BCUT2D eigenvalue weighted by Crippen LogP contribution is -2.21. The first-order valence-electron chi connectivity index (χ1n) is 5.27. The fraction of sp³-hybridized carbons (Fsp3) is 0.0909. The van der Waals surface area contributed by atoms with Crippen LogP contribution in [0.1, 0.15) is 11.1 Å². The number of hydrogen-bond acceptors (Lipinski definition) is 4. The zero-order valence-corrected chi connectivity index (χ0v) is 9.67. The second kappa shape index (κ2) is 5.09. The predicted octanol–water partition coefficient (Wildman–Crippen LogP) is 0.670. The third kappa shape index (κ3) is 2.91. The minimum absolute atomic E-state index is 0.213. The summed E-state index contributed by atoms with van der Waals surface area (Å²) >= 11 is 0. The number of aromatic nitrogens is 4. The Hall–Kier alpha value is -2.70. The Kier molecular flexibility index (Phi) is 3.33. The van der Waals surface area contributed by atoms with Crippen molar-refractivity contribution in [2.24, 2.45) is 5.73 Å². The van der Waals surface area contributed by atoms with Crippen LogP contribution in [0.3, 0.4) is 0 Å². The third-order valence-corrected chi connectivity index (χ3v) is 2.24. The topological polar surface area (TPSA) is 106 Å². The van der Waals surface area contributed by atoms with Crippen LogP contribution in [-0.4, -0.2) is 26.2 Å². The molecule has 0 amide bonds. The van der Waals surface area contributed by atoms with E-state index in [1.54, 1.807) is 6.08 Å². The highest BCUT2D eigenvalue weighted by molar-refractivity contribution is 5.87. The molecule has 2 rings (SSSR count). The number of hydrogen-bond donors (Lipinski definition) is 3. The molecule has 1 heterocycles. The highest BCUT2D eigenvalue weighted by atomic mass is 15.6. The van der Waals surface area contributed by atoms with Gasteiger partial charge in [0.05, 0.1) is 6.54 Å². The van der Waals surface area contributed by atoms with E-state index in [0.717, 1.165) is 11.1 Å². The van der Waals surface area contributed by atoms with Crippen molar-refractivity contribution in [3.8, 4) is 0 Å². The summed E-state index contributed by atoms with van der Waals surface area (Å²) in [5.74, 6) is -0.00454. The van der Waals surface area contributed by atoms with Crippen molar-refractivity contribution in [2.45, 2.75) is 6.54 Å². The molecule has 18 heavy (non-hydrogen) atoms. The van der Waals surface area contributed by atoms with E-state index in [4.69, 9.17) is 11.1 Å². The molecule has 0 bridgehead atoms. The van der Waals surface area contributed by atoms with Crippen molar-refractivity contribution in [1.29, 1.82) is 5.41 Å². The summed E-state index contributed by atoms with van der Waals surface area (Å²) in [6.07, 6.45) is 1.78. The number of nitrogens with one attached hydrogen (secondary N) is 2. The highest BCUT2D eigenvalue weighted by Crippen LogP contribution is 2.06. The van der Waals surface area contributed by atoms with Crippen molar-refractivity contribution < 1.29 is 0 Å². The monoisotopic (exact) mass is 243 g/mol. The van der Waals surface area contributed by atoms with Crippen molar-refractivity contribution in [3.63, 3.8) is 0 Å². The molecule has 0 aliphatic rings. The minimum atomic E-state index is -0.218. The van der Waals surface area contributed by atoms with E-state index in [2.05, 4.69) is 27.3 Å². The van der Waals surface area contributed by atoms with Crippen LogP contribution in [0.5, 0.6) is 0 Å². The van der Waals surface area contributed by atoms with Gasteiger partial charge in [0.15, 0.2) is 5.96 Å². The molecule has 2 aromatic rings. The third-order valence-electron chi connectivity index (χ3n) is 2.24. The van der Waals surface area contributed by atoms with E-state index in [9.17, 15) is 0 Å². The number of guanidine groups is 1. The molecule has 0 spiro atoms. The number of anilines is 1. The Balaban J connectivity index is 2.06. The van der Waals surface area contributed by atoms with Gasteiger partial charge in [0.2, 0.25) is 0 Å². The van der Waals surface area contributed by atoms with Crippen LogP contribution in [0.2, 0.25) is 0 Å². The lowest BCUT2D eigenvalue weighted by Gasteiger charge is -2.00. The second-order valence-corrected chi connectivity index (χ2v) is 3.63. The molecule has 0 aliphatic carbocycles. The molecular weight excluding hydrogens is 230 g/mol. The maximum atomic E-state index is 7.05. The van der Waals surface area contributed by atoms with E-state index in [1.807, 2.05) is 24.3 Å². The van der Waals surface area contributed by atoms with Crippen molar-refractivity contribution >= 4 is 18.0 Å². The molecule has 92 valence electrons. The van der Waals surface area contributed by atoms with Gasteiger partial charge in [-0.3, -0.25) is 10.7 Å². The van der Waals surface area contributed by atoms with Gasteiger partial charge >= 0.3 is 0 Å². The number of nitrogens with zero attached hydrogens (tertiary/aromatic N) is 4. The zero-order valence-electron chi connectivity index (χ0n) is 9.67. The average Bonchev–Trinajstić information content (AvgIpc) is 2.76. The van der Waals surface area contributed by atoms with Gasteiger partial charge in [-0.1, -0.05) is 42.0 Å². The number of benzene rings is 1. The first-order chi connectivity index (χ1) is 8.67. The molecular formula is C11H13N7. The molecule has 0 unspecified atom stereocenters. The standard InChI is InChI=1S/C11H13N7/c1-2-8-3-5-9(6-4-8)7-18-16-11(15-17-18)14-10(12)13/h2-6H,1,7H2,(H4,12,13,14,16). The minimum Gasteiger partial charge on any atom is -0.370 e. The van der Waals surface area contributed by atoms with E-state index in [0.29, 0.717) is 6.54 Å². The molecule has 7 nitrogen and oxygen atoms in total. The van der Waals surface area contributed by atoms with Crippen molar-refractivity contribution in [2.75, 3.05) is 5.32 Å². The highest BCUT2D eigenvalue weighted by Gasteiger charge is 2.03. The van der Waals surface area contributed by atoms with Crippen LogP contribution in [0.4, 0.5) is 5.95 Å². The lowest BCUT2D eigenvalue weighted by molar-refractivity contribution is 0.573. The largest absolute Gasteiger partial charge is 0.370 e. The van der Waals surface area contributed by atoms with Gasteiger partial charge in [0.1, 0.15) is 0 Å². The molecule has 0 saturated heterocycles. The summed E-state index contributed by atoms with van der Waals surface area (Å²) in [4.78, 5) is 1.42. The molecule has 1 aromatic carbocycles. The first kappa shape index (κ1) is 11.8. The lowest BCUT2D eigenvalue weighted by atomic mass is 10.1. The smallest absolute Gasteiger partial charge is 0.270 e. The van der Waals surface area contributed by atoms with E-state index >= 15 is 0 Å². The maximum Gasteiger partial charge on any atom is 0.270 e. The van der Waals surface area contributed by atoms with E-state index in [-0.39, 0.29) is 11.9 Å². The van der Waals surface area contributed by atoms with Crippen molar-refractivity contribution in [3.05, 3.63) is 42.0 Å². The van der Waals surface area contributed by atoms with Gasteiger partial charge in [0.25, 0.3) is 5.95 Å². The molecule has 0 atom stereocenters. The summed E-state index contributed by atoms with van der Waals surface area (Å²) in [7, 11) is 0. The van der Waals surface area contributed by atoms with Crippen LogP contribution < -0.4 is 11.1 Å². The average molecular weight is 243 g/mol. The maximum absolute atomic E-state index is 7.05. The van der Waals surface area contributed by atoms with Gasteiger partial charge in [0, 0.05) is 0 Å². The molecule has 4 N–H and O–H groups in total. The van der Waals surface area contributed by atoms with Crippen LogP contribution >= 0.6 is 0 Å². The molecule has 1 aromatic heterocycles. The van der Waals surface area contributed by atoms with Crippen LogP contribution in [0.15, 0.2) is 30.8 Å². The summed E-state index contributed by atoms with van der Waals surface area (Å²) in [6, 6.07) is 7.87. The Morgan fingerprint density at radius 1 is 1.44 bits per heavy atom. The van der Waals surface area contributed by atoms with Gasteiger partial charge in [-0.25, -0.2) is 0 Å². The SMILES string of the molecule is C=Cc1ccc(Cn2nnc(NC(=N)N)n2)cc1. The summed E-state index contributed by atoms with van der Waals surface area (Å²) in [6.45, 7) is 4.20. The second-order valence-electron chi connectivity index (χ2n) is 3.63. The normalized spacial score (nSPS) is 10.0. The Morgan fingerprint density at radius 3 is 2.78 bits per heavy atom. The molecule has 0 fully saturated rings. The quantitative estimate of drug-likeness (QED) is 0.540. The fourth-order valence-electron chi connectivity index (χ4n) is 1.40. The first-order valence-corrected chi connectivity index (χ1v) is 5.27. The Bertz CT molecular complexity index is 555. The molecule has 0 radical (unpaired) electrons. The van der Waals surface area contributed by atoms with Crippen molar-refractivity contribution in [1.82, 2.24) is 20.2 Å². The van der Waals surface area contributed by atoms with Crippen LogP contribution in [0.25, 0.3) is 6.08 Å². The number of nitrogens with two attached hydrogens (primary N) is 1. The van der Waals surface area contributed by atoms with Gasteiger partial charge in [-0.05, 0) is 16.3 Å². The van der Waals surface area contributed by atoms with E-state index < -0.39 is 0 Å². The molecule has 0 saturated carbocycles. The summed E-state index contributed by atoms with van der Waals surface area (Å²) in [5, 5.41) is 21.1. The predicted molar refractivity (Wildman–Crippen MR) is 69.0 cm³/mol. The number of rotatable bonds is 4. The van der Waals surface area contributed by atoms with Gasteiger partial charge in [-0.2, -0.15) is 4.80 Å². The molecule has 0 aliphatic heterocycles. The Labute approximate surface area is 104 Å². The molecule has 7 heteroatoms. The number of tetrazole rings is 1. The van der Waals surface area contributed by atoms with Crippen LogP contribution in [-0.2, 0) is 6.54 Å². The van der Waals surface area contributed by atoms with E-state index in [1.165, 1.54) is 4.80 Å².